The van der Waals surface area contributed by atoms with E-state index in [9.17, 15) is 9.59 Å². The molecule has 2 amide bonds. The van der Waals surface area contributed by atoms with Gasteiger partial charge in [-0.25, -0.2) is 0 Å². The van der Waals surface area contributed by atoms with Crippen molar-refractivity contribution in [2.24, 2.45) is 0 Å². The van der Waals surface area contributed by atoms with Gasteiger partial charge in [0, 0.05) is 24.7 Å². The molecule has 2 aromatic rings. The van der Waals surface area contributed by atoms with E-state index in [1.165, 1.54) is 5.56 Å². The van der Waals surface area contributed by atoms with Crippen molar-refractivity contribution in [1.82, 2.24) is 10.6 Å². The van der Waals surface area contributed by atoms with E-state index in [0.717, 1.165) is 12.0 Å². The second kappa shape index (κ2) is 7.41. The summed E-state index contributed by atoms with van der Waals surface area (Å²) in [6, 6.07) is 14.8. The average molecular weight is 296 g/mol. The molecule has 0 aliphatic rings. The van der Waals surface area contributed by atoms with E-state index in [-0.39, 0.29) is 11.8 Å². The number of hydrogen-bond acceptors (Lipinski definition) is 2. The molecule has 0 heterocycles. The highest BCUT2D eigenvalue weighted by molar-refractivity contribution is 5.94. The van der Waals surface area contributed by atoms with E-state index in [1.807, 2.05) is 36.4 Å². The van der Waals surface area contributed by atoms with Crippen molar-refractivity contribution in [3.8, 4) is 0 Å². The van der Waals surface area contributed by atoms with Gasteiger partial charge >= 0.3 is 0 Å². The molecule has 114 valence electrons. The normalized spacial score (nSPS) is 10.1. The Bertz CT molecular complexity index is 646. The quantitative estimate of drug-likeness (QED) is 0.891. The minimum absolute atomic E-state index is 0.0990. The fraction of sp³-hybridized carbons (Fsp3) is 0.222. The summed E-state index contributed by atoms with van der Waals surface area (Å²) in [5.41, 5.74) is 3.42. The van der Waals surface area contributed by atoms with E-state index in [1.54, 1.807) is 19.2 Å². The van der Waals surface area contributed by atoms with Crippen LogP contribution in [0.25, 0.3) is 0 Å². The van der Waals surface area contributed by atoms with Crippen LogP contribution in [0.1, 0.15) is 38.8 Å². The molecule has 4 nitrogen and oxygen atoms in total. The summed E-state index contributed by atoms with van der Waals surface area (Å²) < 4.78 is 0. The van der Waals surface area contributed by atoms with Gasteiger partial charge in [0.15, 0.2) is 0 Å². The third-order valence-corrected chi connectivity index (χ3v) is 3.52. The maximum atomic E-state index is 12.1. The van der Waals surface area contributed by atoms with Gasteiger partial charge in [0.05, 0.1) is 0 Å². The summed E-state index contributed by atoms with van der Waals surface area (Å²) in [7, 11) is 1.60. The molecule has 0 bridgehead atoms. The molecule has 2 rings (SSSR count). The molecule has 0 saturated heterocycles. The van der Waals surface area contributed by atoms with Crippen molar-refractivity contribution in [2.75, 3.05) is 7.05 Å². The Hall–Kier alpha value is -2.62. The van der Waals surface area contributed by atoms with Gasteiger partial charge in [-0.2, -0.15) is 0 Å². The Morgan fingerprint density at radius 2 is 1.32 bits per heavy atom. The molecule has 22 heavy (non-hydrogen) atoms. The minimum atomic E-state index is -0.119. The van der Waals surface area contributed by atoms with Crippen LogP contribution in [0, 0.1) is 0 Å². The van der Waals surface area contributed by atoms with Gasteiger partial charge in [0.25, 0.3) is 11.8 Å². The van der Waals surface area contributed by atoms with Crippen LogP contribution in [0.4, 0.5) is 0 Å². The van der Waals surface area contributed by atoms with E-state index >= 15 is 0 Å². The summed E-state index contributed by atoms with van der Waals surface area (Å²) >= 11 is 0. The van der Waals surface area contributed by atoms with Gasteiger partial charge in [-0.1, -0.05) is 31.2 Å². The van der Waals surface area contributed by atoms with Crippen molar-refractivity contribution < 1.29 is 9.59 Å². The van der Waals surface area contributed by atoms with Crippen LogP contribution in [-0.2, 0) is 13.0 Å². The Balaban J connectivity index is 1.94. The largest absolute Gasteiger partial charge is 0.355 e. The highest BCUT2D eigenvalue weighted by Gasteiger charge is 2.06. The number of amides is 2. The fourth-order valence-corrected chi connectivity index (χ4v) is 2.09. The van der Waals surface area contributed by atoms with Crippen LogP contribution in [0.3, 0.4) is 0 Å². The van der Waals surface area contributed by atoms with Crippen molar-refractivity contribution in [2.45, 2.75) is 19.9 Å². The second-order valence-corrected chi connectivity index (χ2v) is 5.01. The number of aryl methyl sites for hydroxylation is 1. The van der Waals surface area contributed by atoms with E-state index in [0.29, 0.717) is 17.7 Å². The molecule has 0 unspecified atom stereocenters. The van der Waals surface area contributed by atoms with Gasteiger partial charge in [0.2, 0.25) is 0 Å². The highest BCUT2D eigenvalue weighted by atomic mass is 16.2. The lowest BCUT2D eigenvalue weighted by Gasteiger charge is -2.07. The zero-order valence-electron chi connectivity index (χ0n) is 12.8. The first-order valence-corrected chi connectivity index (χ1v) is 7.32. The fourth-order valence-electron chi connectivity index (χ4n) is 2.09. The van der Waals surface area contributed by atoms with E-state index < -0.39 is 0 Å². The molecular weight excluding hydrogens is 276 g/mol. The first kappa shape index (κ1) is 15.8. The highest BCUT2D eigenvalue weighted by Crippen LogP contribution is 2.07. The van der Waals surface area contributed by atoms with Crippen LogP contribution in [-0.4, -0.2) is 18.9 Å². The van der Waals surface area contributed by atoms with Crippen molar-refractivity contribution >= 4 is 11.8 Å². The first-order valence-electron chi connectivity index (χ1n) is 7.32. The number of nitrogens with one attached hydrogen (secondary N) is 2. The number of hydrogen-bond donors (Lipinski definition) is 2. The molecule has 0 radical (unpaired) electrons. The molecule has 4 heteroatoms. The number of carbonyl (C=O) groups is 2. The summed E-state index contributed by atoms with van der Waals surface area (Å²) in [5, 5.41) is 5.45. The van der Waals surface area contributed by atoms with Crippen LogP contribution < -0.4 is 10.6 Å². The molecule has 0 aromatic heterocycles. The molecule has 2 N–H and O–H groups in total. The van der Waals surface area contributed by atoms with Crippen LogP contribution in [0.15, 0.2) is 48.5 Å². The van der Waals surface area contributed by atoms with E-state index in [4.69, 9.17) is 0 Å². The molecule has 0 aliphatic heterocycles. The lowest BCUT2D eigenvalue weighted by atomic mass is 10.1. The molecular formula is C18H20N2O2. The van der Waals surface area contributed by atoms with E-state index in [2.05, 4.69) is 17.6 Å². The number of benzene rings is 2. The maximum absolute atomic E-state index is 12.1. The van der Waals surface area contributed by atoms with Gasteiger partial charge in [-0.15, -0.1) is 0 Å². The van der Waals surface area contributed by atoms with Gasteiger partial charge in [-0.05, 0) is 41.8 Å². The molecule has 0 aliphatic carbocycles. The molecule has 0 saturated carbocycles. The first-order chi connectivity index (χ1) is 10.6. The Labute approximate surface area is 130 Å². The van der Waals surface area contributed by atoms with Crippen LogP contribution in [0.2, 0.25) is 0 Å². The average Bonchev–Trinajstić information content (AvgIpc) is 2.59. The Kier molecular flexibility index (Phi) is 5.31. The lowest BCUT2D eigenvalue weighted by Crippen LogP contribution is -2.23. The van der Waals surface area contributed by atoms with Crippen molar-refractivity contribution in [1.29, 1.82) is 0 Å². The second-order valence-electron chi connectivity index (χ2n) is 5.01. The third kappa shape index (κ3) is 3.95. The van der Waals surface area contributed by atoms with Crippen molar-refractivity contribution in [3.05, 3.63) is 70.8 Å². The molecule has 0 fully saturated rings. The maximum Gasteiger partial charge on any atom is 0.251 e. The topological polar surface area (TPSA) is 58.2 Å². The standard InChI is InChI=1S/C18H20N2O2/c1-3-13-4-8-16(9-5-13)18(22)20-12-14-6-10-15(11-7-14)17(21)19-2/h4-11H,3,12H2,1-2H3,(H,19,21)(H,20,22). The van der Waals surface area contributed by atoms with Gasteiger partial charge in [0.1, 0.15) is 0 Å². The summed E-state index contributed by atoms with van der Waals surface area (Å²) in [6.07, 6.45) is 0.958. The SMILES string of the molecule is CCc1ccc(C(=O)NCc2ccc(C(=O)NC)cc2)cc1. The summed E-state index contributed by atoms with van der Waals surface area (Å²) in [4.78, 5) is 23.5. The third-order valence-electron chi connectivity index (χ3n) is 3.52. The Morgan fingerprint density at radius 1 is 0.818 bits per heavy atom. The molecule has 0 spiro atoms. The van der Waals surface area contributed by atoms with Crippen LogP contribution in [0.5, 0.6) is 0 Å². The zero-order chi connectivity index (χ0) is 15.9. The lowest BCUT2D eigenvalue weighted by molar-refractivity contribution is 0.0946. The number of rotatable bonds is 5. The monoisotopic (exact) mass is 296 g/mol. The smallest absolute Gasteiger partial charge is 0.251 e. The summed E-state index contributed by atoms with van der Waals surface area (Å²) in [6.45, 7) is 2.51. The molecule has 2 aromatic carbocycles. The van der Waals surface area contributed by atoms with Gasteiger partial charge < -0.3 is 10.6 Å². The van der Waals surface area contributed by atoms with Crippen LogP contribution >= 0.6 is 0 Å². The minimum Gasteiger partial charge on any atom is -0.355 e. The number of carbonyl (C=O) groups excluding carboxylic acids is 2. The predicted octanol–water partition coefficient (Wildman–Crippen LogP) is 2.54. The predicted molar refractivity (Wildman–Crippen MR) is 86.8 cm³/mol. The Morgan fingerprint density at radius 3 is 1.82 bits per heavy atom. The van der Waals surface area contributed by atoms with Crippen molar-refractivity contribution in [3.63, 3.8) is 0 Å². The zero-order valence-corrected chi connectivity index (χ0v) is 12.8. The molecule has 0 atom stereocenters. The van der Waals surface area contributed by atoms with Gasteiger partial charge in [-0.3, -0.25) is 9.59 Å². The summed E-state index contributed by atoms with van der Waals surface area (Å²) in [5.74, 6) is -0.218.